The lowest BCUT2D eigenvalue weighted by atomic mass is 10.1. The molecule has 0 unspecified atom stereocenters. The van der Waals surface area contributed by atoms with Gasteiger partial charge >= 0.3 is 0 Å². The van der Waals surface area contributed by atoms with Crippen LogP contribution in [0.1, 0.15) is 18.1 Å². The van der Waals surface area contributed by atoms with Gasteiger partial charge in [0.25, 0.3) is 0 Å². The van der Waals surface area contributed by atoms with Gasteiger partial charge in [-0.25, -0.2) is 12.8 Å². The number of carbonyl (C=O) groups is 1. The molecule has 0 radical (unpaired) electrons. The molecule has 0 heterocycles. The molecule has 0 aliphatic rings. The van der Waals surface area contributed by atoms with E-state index in [9.17, 15) is 17.6 Å². The molecule has 1 N–H and O–H groups in total. The summed E-state index contributed by atoms with van der Waals surface area (Å²) < 4.78 is 39.1. The molecule has 1 amide bonds. The van der Waals surface area contributed by atoms with Crippen LogP contribution in [0.3, 0.4) is 0 Å². The molecule has 0 aliphatic carbocycles. The van der Waals surface area contributed by atoms with E-state index in [4.69, 9.17) is 0 Å². The lowest BCUT2D eigenvalue weighted by molar-refractivity contribution is -0.122. The molecule has 0 bridgehead atoms. The number of benzene rings is 2. The second kappa shape index (κ2) is 7.65. The molecule has 7 heteroatoms. The quantitative estimate of drug-likeness (QED) is 0.857. The highest BCUT2D eigenvalue weighted by Crippen LogP contribution is 2.24. The van der Waals surface area contributed by atoms with Gasteiger partial charge in [-0.2, -0.15) is 0 Å². The van der Waals surface area contributed by atoms with E-state index in [1.165, 1.54) is 25.1 Å². The fraction of sp³-hybridized carbons (Fsp3) is 0.278. The lowest BCUT2D eigenvalue weighted by Crippen LogP contribution is -2.48. The van der Waals surface area contributed by atoms with Crippen molar-refractivity contribution in [3.05, 3.63) is 65.5 Å². The zero-order valence-corrected chi connectivity index (χ0v) is 15.2. The van der Waals surface area contributed by atoms with Crippen LogP contribution in [-0.4, -0.2) is 26.6 Å². The Hall–Kier alpha value is -2.41. The molecular weight excluding hydrogens is 343 g/mol. The van der Waals surface area contributed by atoms with E-state index in [-0.39, 0.29) is 12.2 Å². The van der Waals surface area contributed by atoms with Gasteiger partial charge in [0, 0.05) is 6.54 Å². The molecule has 2 aromatic carbocycles. The van der Waals surface area contributed by atoms with Crippen LogP contribution in [0.25, 0.3) is 0 Å². The number of aryl methyl sites for hydroxylation is 1. The van der Waals surface area contributed by atoms with E-state index in [1.54, 1.807) is 0 Å². The van der Waals surface area contributed by atoms with Gasteiger partial charge in [-0.15, -0.1) is 0 Å². The van der Waals surface area contributed by atoms with Crippen molar-refractivity contribution in [1.82, 2.24) is 5.32 Å². The van der Waals surface area contributed by atoms with Crippen molar-refractivity contribution in [2.24, 2.45) is 0 Å². The molecule has 1 atom stereocenters. The normalized spacial score (nSPS) is 12.5. The smallest absolute Gasteiger partial charge is 0.243 e. The Morgan fingerprint density at radius 3 is 2.48 bits per heavy atom. The number of nitrogens with one attached hydrogen (secondary N) is 1. The summed E-state index contributed by atoms with van der Waals surface area (Å²) in [6.45, 7) is 3.64. The van der Waals surface area contributed by atoms with Gasteiger partial charge in [-0.05, 0) is 31.5 Å². The first-order valence-electron chi connectivity index (χ1n) is 7.77. The maximum Gasteiger partial charge on any atom is 0.243 e. The molecular formula is C18H21FN2O3S. The zero-order chi connectivity index (χ0) is 18.6. The number of amides is 1. The highest BCUT2D eigenvalue weighted by molar-refractivity contribution is 7.92. The summed E-state index contributed by atoms with van der Waals surface area (Å²) in [4.78, 5) is 12.4. The molecule has 25 heavy (non-hydrogen) atoms. The number of para-hydroxylation sites is 1. The van der Waals surface area contributed by atoms with E-state index in [0.29, 0.717) is 0 Å². The molecule has 0 aromatic heterocycles. The highest BCUT2D eigenvalue weighted by atomic mass is 32.2. The van der Waals surface area contributed by atoms with Gasteiger partial charge in [-0.3, -0.25) is 9.10 Å². The first-order valence-corrected chi connectivity index (χ1v) is 9.62. The maximum atomic E-state index is 14.1. The first-order chi connectivity index (χ1) is 11.7. The highest BCUT2D eigenvalue weighted by Gasteiger charge is 2.30. The largest absolute Gasteiger partial charge is 0.350 e. The van der Waals surface area contributed by atoms with E-state index >= 15 is 0 Å². The molecule has 0 spiro atoms. The predicted octanol–water partition coefficient (Wildman–Crippen LogP) is 2.61. The molecule has 134 valence electrons. The van der Waals surface area contributed by atoms with Gasteiger partial charge in [0.05, 0.1) is 11.9 Å². The van der Waals surface area contributed by atoms with Crippen LogP contribution in [0.5, 0.6) is 0 Å². The minimum Gasteiger partial charge on any atom is -0.350 e. The van der Waals surface area contributed by atoms with Crippen molar-refractivity contribution in [3.8, 4) is 0 Å². The van der Waals surface area contributed by atoms with Crippen LogP contribution in [0.15, 0.2) is 48.5 Å². The summed E-state index contributed by atoms with van der Waals surface area (Å²) >= 11 is 0. The second-order valence-corrected chi connectivity index (χ2v) is 7.75. The Balaban J connectivity index is 2.20. The summed E-state index contributed by atoms with van der Waals surface area (Å²) in [5.74, 6) is -1.21. The summed E-state index contributed by atoms with van der Waals surface area (Å²) in [5.41, 5.74) is 1.81. The van der Waals surface area contributed by atoms with Gasteiger partial charge in [-0.1, -0.05) is 42.0 Å². The maximum absolute atomic E-state index is 14.1. The van der Waals surface area contributed by atoms with Gasteiger partial charge in [0.15, 0.2) is 0 Å². The summed E-state index contributed by atoms with van der Waals surface area (Å²) in [7, 11) is -3.84. The lowest BCUT2D eigenvalue weighted by Gasteiger charge is -2.28. The van der Waals surface area contributed by atoms with E-state index in [1.807, 2.05) is 31.2 Å². The van der Waals surface area contributed by atoms with Crippen LogP contribution in [-0.2, 0) is 21.4 Å². The molecule has 0 saturated heterocycles. The first kappa shape index (κ1) is 18.9. The van der Waals surface area contributed by atoms with Gasteiger partial charge < -0.3 is 5.32 Å². The number of anilines is 1. The molecule has 0 fully saturated rings. The van der Waals surface area contributed by atoms with E-state index in [2.05, 4.69) is 5.32 Å². The fourth-order valence-corrected chi connectivity index (χ4v) is 3.75. The summed E-state index contributed by atoms with van der Waals surface area (Å²) in [5, 5.41) is 2.70. The molecule has 5 nitrogen and oxygen atoms in total. The minimum atomic E-state index is -3.84. The second-order valence-electron chi connectivity index (χ2n) is 5.89. The van der Waals surface area contributed by atoms with Gasteiger partial charge in [0.1, 0.15) is 11.9 Å². The average Bonchev–Trinajstić information content (AvgIpc) is 2.53. The number of rotatable bonds is 6. The minimum absolute atomic E-state index is 0.150. The van der Waals surface area contributed by atoms with Crippen molar-refractivity contribution >= 4 is 21.6 Å². The monoisotopic (exact) mass is 364 g/mol. The Morgan fingerprint density at radius 2 is 1.88 bits per heavy atom. The third kappa shape index (κ3) is 4.79. The third-order valence-electron chi connectivity index (χ3n) is 3.73. The molecule has 2 aromatic rings. The number of halogens is 1. The van der Waals surface area contributed by atoms with Gasteiger partial charge in [0.2, 0.25) is 15.9 Å². The zero-order valence-electron chi connectivity index (χ0n) is 14.4. The van der Waals surface area contributed by atoms with Crippen LogP contribution in [0.2, 0.25) is 0 Å². The average molecular weight is 364 g/mol. The van der Waals surface area contributed by atoms with Crippen LogP contribution < -0.4 is 9.62 Å². The van der Waals surface area contributed by atoms with Crippen molar-refractivity contribution in [2.45, 2.75) is 26.4 Å². The topological polar surface area (TPSA) is 66.5 Å². The summed E-state index contributed by atoms with van der Waals surface area (Å²) in [6, 6.07) is 12.0. The predicted molar refractivity (Wildman–Crippen MR) is 96.2 cm³/mol. The number of nitrogens with zero attached hydrogens (tertiary/aromatic N) is 1. The number of carbonyl (C=O) groups excluding carboxylic acids is 1. The standard InChI is InChI=1S/C18H21FN2O3S/c1-13-7-6-8-15(11-13)12-20-18(22)14(2)21(25(3,23)24)17-10-5-4-9-16(17)19/h4-11,14H,12H2,1-3H3,(H,20,22)/t14-/m1/s1. The number of hydrogen-bond donors (Lipinski definition) is 1. The Kier molecular flexibility index (Phi) is 5.79. The van der Waals surface area contributed by atoms with Crippen molar-refractivity contribution in [1.29, 1.82) is 0 Å². The molecule has 0 saturated carbocycles. The van der Waals surface area contributed by atoms with Crippen LogP contribution in [0, 0.1) is 12.7 Å². The van der Waals surface area contributed by atoms with Crippen LogP contribution in [0.4, 0.5) is 10.1 Å². The Bertz CT molecular complexity index is 868. The van der Waals surface area contributed by atoms with E-state index < -0.39 is 27.8 Å². The number of hydrogen-bond acceptors (Lipinski definition) is 3. The molecule has 2 rings (SSSR count). The Labute approximate surface area is 147 Å². The Morgan fingerprint density at radius 1 is 1.20 bits per heavy atom. The molecule has 0 aliphatic heterocycles. The summed E-state index contributed by atoms with van der Waals surface area (Å²) in [6.07, 6.45) is 0.948. The van der Waals surface area contributed by atoms with Crippen molar-refractivity contribution in [3.63, 3.8) is 0 Å². The van der Waals surface area contributed by atoms with Crippen LogP contribution >= 0.6 is 0 Å². The van der Waals surface area contributed by atoms with Crippen molar-refractivity contribution in [2.75, 3.05) is 10.6 Å². The van der Waals surface area contributed by atoms with Crippen molar-refractivity contribution < 1.29 is 17.6 Å². The van der Waals surface area contributed by atoms with E-state index in [0.717, 1.165) is 27.8 Å². The third-order valence-corrected chi connectivity index (χ3v) is 4.96. The number of sulfonamides is 1. The SMILES string of the molecule is Cc1cccc(CNC(=O)[C@@H](C)N(c2ccccc2F)S(C)(=O)=O)c1. The fourth-order valence-electron chi connectivity index (χ4n) is 2.57.